The van der Waals surface area contributed by atoms with Crippen molar-refractivity contribution in [2.45, 2.75) is 26.2 Å². The number of esters is 1. The van der Waals surface area contributed by atoms with Gasteiger partial charge in [-0.2, -0.15) is 0 Å². The number of benzene rings is 1. The van der Waals surface area contributed by atoms with Crippen LogP contribution >= 0.6 is 15.9 Å². The monoisotopic (exact) mass is 351 g/mol. The number of allylic oxidation sites excluding steroid dienone is 2. The minimum atomic E-state index is -0.323. The number of carbonyl (C=O) groups excluding carboxylic acids is 2. The smallest absolute Gasteiger partial charge is 0.309 e. The average Bonchev–Trinajstić information content (AvgIpc) is 2.49. The molecule has 0 heterocycles. The summed E-state index contributed by atoms with van der Waals surface area (Å²) in [5.74, 6) is -0.726. The van der Waals surface area contributed by atoms with Crippen LogP contribution in [0.2, 0.25) is 0 Å². The molecule has 112 valence electrons. The van der Waals surface area contributed by atoms with Gasteiger partial charge in [-0.25, -0.2) is 0 Å². The van der Waals surface area contributed by atoms with Gasteiger partial charge in [0.25, 0.3) is 5.91 Å². The highest BCUT2D eigenvalue weighted by molar-refractivity contribution is 9.10. The number of carbonyl (C=O) groups is 2. The van der Waals surface area contributed by atoms with Crippen LogP contribution in [0, 0.1) is 12.8 Å². The molecule has 0 aromatic heterocycles. The van der Waals surface area contributed by atoms with E-state index in [4.69, 9.17) is 4.74 Å². The number of rotatable bonds is 4. The maximum absolute atomic E-state index is 11.8. The molecule has 0 unspecified atom stereocenters. The zero-order valence-electron chi connectivity index (χ0n) is 11.9. The average molecular weight is 352 g/mol. The summed E-state index contributed by atoms with van der Waals surface area (Å²) in [6, 6.07) is 5.52. The maximum atomic E-state index is 11.8. The molecular formula is C16H18BrNO3. The van der Waals surface area contributed by atoms with E-state index >= 15 is 0 Å². The molecule has 1 aromatic rings. The highest BCUT2D eigenvalue weighted by Gasteiger charge is 2.20. The van der Waals surface area contributed by atoms with Crippen LogP contribution in [-0.4, -0.2) is 18.5 Å². The summed E-state index contributed by atoms with van der Waals surface area (Å²) in [6.45, 7) is 1.70. The molecule has 4 nitrogen and oxygen atoms in total. The lowest BCUT2D eigenvalue weighted by molar-refractivity contribution is -0.151. The van der Waals surface area contributed by atoms with Crippen LogP contribution in [0.3, 0.4) is 0 Å². The topological polar surface area (TPSA) is 55.4 Å². The molecule has 0 fully saturated rings. The molecule has 1 atom stereocenters. The predicted molar refractivity (Wildman–Crippen MR) is 84.9 cm³/mol. The van der Waals surface area contributed by atoms with E-state index in [0.29, 0.717) is 12.1 Å². The largest absolute Gasteiger partial charge is 0.455 e. The standard InChI is InChI=1S/C16H18BrNO3/c1-11-9-13(7-8-14(11)17)18-15(19)10-21-16(20)12-5-3-2-4-6-12/h2-3,7-9,12H,4-6,10H2,1H3,(H,18,19)/t12-/m0/s1. The number of hydrogen-bond donors (Lipinski definition) is 1. The second-order valence-electron chi connectivity index (χ2n) is 5.10. The second-order valence-corrected chi connectivity index (χ2v) is 5.96. The van der Waals surface area contributed by atoms with Crippen molar-refractivity contribution in [3.8, 4) is 0 Å². The van der Waals surface area contributed by atoms with Gasteiger partial charge < -0.3 is 10.1 Å². The normalized spacial score (nSPS) is 17.3. The zero-order chi connectivity index (χ0) is 15.2. The second kappa shape index (κ2) is 7.41. The Morgan fingerprint density at radius 3 is 2.86 bits per heavy atom. The molecule has 21 heavy (non-hydrogen) atoms. The van der Waals surface area contributed by atoms with E-state index in [1.807, 2.05) is 25.1 Å². The van der Waals surface area contributed by atoms with Gasteiger partial charge in [0.1, 0.15) is 0 Å². The summed E-state index contributed by atoms with van der Waals surface area (Å²) in [4.78, 5) is 23.6. The van der Waals surface area contributed by atoms with E-state index in [1.54, 1.807) is 6.07 Å². The van der Waals surface area contributed by atoms with Crippen LogP contribution in [0.1, 0.15) is 24.8 Å². The van der Waals surface area contributed by atoms with Crippen molar-refractivity contribution in [3.63, 3.8) is 0 Å². The van der Waals surface area contributed by atoms with Crippen molar-refractivity contribution >= 4 is 33.5 Å². The first kappa shape index (κ1) is 15.8. The van der Waals surface area contributed by atoms with E-state index in [9.17, 15) is 9.59 Å². The Bertz CT molecular complexity index is 569. The Morgan fingerprint density at radius 2 is 2.19 bits per heavy atom. The summed E-state index contributed by atoms with van der Waals surface area (Å²) in [5.41, 5.74) is 1.72. The molecule has 5 heteroatoms. The first-order chi connectivity index (χ1) is 10.1. The molecule has 1 aliphatic carbocycles. The number of anilines is 1. The van der Waals surface area contributed by atoms with E-state index in [1.165, 1.54) is 0 Å². The van der Waals surface area contributed by atoms with Crippen LogP contribution < -0.4 is 5.32 Å². The molecule has 0 radical (unpaired) electrons. The Balaban J connectivity index is 1.80. The number of ether oxygens (including phenoxy) is 1. The van der Waals surface area contributed by atoms with E-state index < -0.39 is 0 Å². The van der Waals surface area contributed by atoms with Gasteiger partial charge in [0.05, 0.1) is 5.92 Å². The summed E-state index contributed by atoms with van der Waals surface area (Å²) >= 11 is 3.40. The van der Waals surface area contributed by atoms with Crippen molar-refractivity contribution in [1.29, 1.82) is 0 Å². The Hall–Kier alpha value is -1.62. The van der Waals surface area contributed by atoms with Crippen LogP contribution in [0.4, 0.5) is 5.69 Å². The van der Waals surface area contributed by atoms with Gasteiger partial charge in [-0.15, -0.1) is 0 Å². The van der Waals surface area contributed by atoms with Gasteiger partial charge in [-0.05, 0) is 49.9 Å². The number of aryl methyl sites for hydroxylation is 1. The van der Waals surface area contributed by atoms with Crippen molar-refractivity contribution < 1.29 is 14.3 Å². The Labute approximate surface area is 132 Å². The highest BCUT2D eigenvalue weighted by Crippen LogP contribution is 2.21. The highest BCUT2D eigenvalue weighted by atomic mass is 79.9. The van der Waals surface area contributed by atoms with Gasteiger partial charge in [-0.1, -0.05) is 28.1 Å². The maximum Gasteiger partial charge on any atom is 0.309 e. The van der Waals surface area contributed by atoms with Crippen molar-refractivity contribution in [2.24, 2.45) is 5.92 Å². The first-order valence-electron chi connectivity index (χ1n) is 6.94. The lowest BCUT2D eigenvalue weighted by atomic mass is 9.95. The summed E-state index contributed by atoms with van der Waals surface area (Å²) < 4.78 is 6.06. The molecule has 0 saturated heterocycles. The van der Waals surface area contributed by atoms with E-state index in [-0.39, 0.29) is 24.4 Å². The molecule has 2 rings (SSSR count). The molecular weight excluding hydrogens is 334 g/mol. The Morgan fingerprint density at radius 1 is 1.38 bits per heavy atom. The fourth-order valence-corrected chi connectivity index (χ4v) is 2.43. The van der Waals surface area contributed by atoms with Crippen LogP contribution in [0.5, 0.6) is 0 Å². The van der Waals surface area contributed by atoms with Crippen molar-refractivity contribution in [3.05, 3.63) is 40.4 Å². The third kappa shape index (κ3) is 4.70. The van der Waals surface area contributed by atoms with E-state index in [0.717, 1.165) is 22.9 Å². The fourth-order valence-electron chi connectivity index (χ4n) is 2.18. The third-order valence-electron chi connectivity index (χ3n) is 3.39. The predicted octanol–water partition coefficient (Wildman–Crippen LogP) is 3.60. The van der Waals surface area contributed by atoms with Crippen LogP contribution in [0.25, 0.3) is 0 Å². The summed E-state index contributed by atoms with van der Waals surface area (Å²) in [7, 11) is 0. The van der Waals surface area contributed by atoms with Crippen LogP contribution in [0.15, 0.2) is 34.8 Å². The molecule has 0 saturated carbocycles. The number of halogens is 1. The number of amides is 1. The summed E-state index contributed by atoms with van der Waals surface area (Å²) in [6.07, 6.45) is 6.44. The van der Waals surface area contributed by atoms with Crippen molar-refractivity contribution in [2.75, 3.05) is 11.9 Å². The van der Waals surface area contributed by atoms with Gasteiger partial charge in [0.2, 0.25) is 0 Å². The van der Waals surface area contributed by atoms with Gasteiger partial charge in [0, 0.05) is 10.2 Å². The number of nitrogens with one attached hydrogen (secondary N) is 1. The lowest BCUT2D eigenvalue weighted by Crippen LogP contribution is -2.25. The molecule has 0 aliphatic heterocycles. The molecule has 1 aliphatic rings. The molecule has 1 N–H and O–H groups in total. The minimum absolute atomic E-state index is 0.113. The van der Waals surface area contributed by atoms with E-state index in [2.05, 4.69) is 27.3 Å². The fraction of sp³-hybridized carbons (Fsp3) is 0.375. The van der Waals surface area contributed by atoms with Gasteiger partial charge in [0.15, 0.2) is 6.61 Å². The minimum Gasteiger partial charge on any atom is -0.455 e. The van der Waals surface area contributed by atoms with Crippen LogP contribution in [-0.2, 0) is 14.3 Å². The van der Waals surface area contributed by atoms with Crippen molar-refractivity contribution in [1.82, 2.24) is 0 Å². The lowest BCUT2D eigenvalue weighted by Gasteiger charge is -2.16. The molecule has 1 aromatic carbocycles. The molecule has 1 amide bonds. The first-order valence-corrected chi connectivity index (χ1v) is 7.73. The molecule has 0 bridgehead atoms. The zero-order valence-corrected chi connectivity index (χ0v) is 13.5. The quantitative estimate of drug-likeness (QED) is 0.666. The summed E-state index contributed by atoms with van der Waals surface area (Å²) in [5, 5.41) is 2.72. The Kier molecular flexibility index (Phi) is 5.56. The number of hydrogen-bond acceptors (Lipinski definition) is 3. The third-order valence-corrected chi connectivity index (χ3v) is 4.28. The SMILES string of the molecule is Cc1cc(NC(=O)COC(=O)[C@H]2CC=CCC2)ccc1Br. The van der Waals surface area contributed by atoms with Gasteiger partial charge >= 0.3 is 5.97 Å². The van der Waals surface area contributed by atoms with Gasteiger partial charge in [-0.3, -0.25) is 9.59 Å². The molecule has 0 spiro atoms.